The number of hydrogen-bond donors (Lipinski definition) is 1. The predicted octanol–water partition coefficient (Wildman–Crippen LogP) is 1.13. The first-order valence-electron chi connectivity index (χ1n) is 8.69. The Balaban J connectivity index is 1.44. The summed E-state index contributed by atoms with van der Waals surface area (Å²) in [5.74, 6) is 2.98. The van der Waals surface area contributed by atoms with Gasteiger partial charge in [0.25, 0.3) is 0 Å². The van der Waals surface area contributed by atoms with Crippen molar-refractivity contribution in [1.82, 2.24) is 34.8 Å². The number of aromatic nitrogens is 6. The van der Waals surface area contributed by atoms with E-state index in [4.69, 9.17) is 4.52 Å². The largest absolute Gasteiger partial charge is 0.388 e. The average Bonchev–Trinajstić information content (AvgIpc) is 3.29. The van der Waals surface area contributed by atoms with Crippen molar-refractivity contribution in [2.75, 3.05) is 13.1 Å². The summed E-state index contributed by atoms with van der Waals surface area (Å²) in [7, 11) is 1.90. The SMILES string of the molecule is Cn1c(CO)nnc1C1CCCN(Cc2nc(-c3ccncc3)no2)C1. The van der Waals surface area contributed by atoms with Crippen LogP contribution < -0.4 is 0 Å². The summed E-state index contributed by atoms with van der Waals surface area (Å²) in [6.45, 7) is 2.34. The van der Waals surface area contributed by atoms with Gasteiger partial charge in [-0.3, -0.25) is 9.88 Å². The van der Waals surface area contributed by atoms with E-state index in [1.54, 1.807) is 12.4 Å². The standard InChI is InChI=1S/C17H21N7O2/c1-23-14(11-25)20-21-17(23)13-3-2-8-24(9-13)10-15-19-16(22-26-15)12-4-6-18-7-5-12/h4-7,13,25H,2-3,8-11H2,1H3. The molecule has 1 atom stereocenters. The topological polar surface area (TPSA) is 106 Å². The third-order valence-electron chi connectivity index (χ3n) is 4.78. The molecule has 1 saturated heterocycles. The monoisotopic (exact) mass is 355 g/mol. The highest BCUT2D eigenvalue weighted by Gasteiger charge is 2.27. The summed E-state index contributed by atoms with van der Waals surface area (Å²) in [5, 5.41) is 21.7. The third-order valence-corrected chi connectivity index (χ3v) is 4.78. The van der Waals surface area contributed by atoms with E-state index in [1.165, 1.54) is 0 Å². The molecule has 1 aliphatic rings. The molecule has 1 unspecified atom stereocenters. The molecule has 3 aromatic heterocycles. The Morgan fingerprint density at radius 2 is 2.12 bits per heavy atom. The van der Waals surface area contributed by atoms with Gasteiger partial charge in [-0.25, -0.2) is 0 Å². The minimum atomic E-state index is -0.0975. The Morgan fingerprint density at radius 1 is 1.27 bits per heavy atom. The molecule has 1 fully saturated rings. The van der Waals surface area contributed by atoms with Crippen LogP contribution in [-0.2, 0) is 20.2 Å². The van der Waals surface area contributed by atoms with Crippen LogP contribution in [0.15, 0.2) is 29.0 Å². The number of aliphatic hydroxyl groups excluding tert-OH is 1. The molecule has 0 radical (unpaired) electrons. The molecule has 3 aromatic rings. The molecule has 1 aliphatic heterocycles. The molecule has 9 heteroatoms. The Bertz CT molecular complexity index is 861. The van der Waals surface area contributed by atoms with Gasteiger partial charge < -0.3 is 14.2 Å². The maximum absolute atomic E-state index is 9.31. The van der Waals surface area contributed by atoms with E-state index in [1.807, 2.05) is 23.7 Å². The number of nitrogens with zero attached hydrogens (tertiary/aromatic N) is 7. The van der Waals surface area contributed by atoms with Gasteiger partial charge in [-0.2, -0.15) is 4.98 Å². The molecule has 0 spiro atoms. The molecule has 9 nitrogen and oxygen atoms in total. The van der Waals surface area contributed by atoms with E-state index in [9.17, 15) is 5.11 Å². The molecule has 4 heterocycles. The first-order valence-corrected chi connectivity index (χ1v) is 8.69. The second-order valence-electron chi connectivity index (χ2n) is 6.51. The first-order chi connectivity index (χ1) is 12.7. The van der Waals surface area contributed by atoms with Crippen molar-refractivity contribution in [3.8, 4) is 11.4 Å². The number of piperidine rings is 1. The van der Waals surface area contributed by atoms with Crippen molar-refractivity contribution in [3.05, 3.63) is 42.1 Å². The predicted molar refractivity (Wildman–Crippen MR) is 91.7 cm³/mol. The van der Waals surface area contributed by atoms with Crippen molar-refractivity contribution in [3.63, 3.8) is 0 Å². The average molecular weight is 355 g/mol. The molecular formula is C17H21N7O2. The fraction of sp³-hybridized carbons (Fsp3) is 0.471. The second kappa shape index (κ2) is 7.30. The van der Waals surface area contributed by atoms with Gasteiger partial charge in [0.15, 0.2) is 5.82 Å². The fourth-order valence-electron chi connectivity index (χ4n) is 3.41. The summed E-state index contributed by atoms with van der Waals surface area (Å²) in [5.41, 5.74) is 0.891. The zero-order valence-electron chi connectivity index (χ0n) is 14.6. The van der Waals surface area contributed by atoms with Gasteiger partial charge in [0.2, 0.25) is 11.7 Å². The molecule has 136 valence electrons. The van der Waals surface area contributed by atoms with E-state index in [2.05, 4.69) is 30.2 Å². The van der Waals surface area contributed by atoms with Crippen LogP contribution in [0.25, 0.3) is 11.4 Å². The van der Waals surface area contributed by atoms with E-state index in [0.29, 0.717) is 24.1 Å². The van der Waals surface area contributed by atoms with Crippen LogP contribution in [0.3, 0.4) is 0 Å². The van der Waals surface area contributed by atoms with Gasteiger partial charge in [0.1, 0.15) is 12.4 Å². The smallest absolute Gasteiger partial charge is 0.241 e. The molecular weight excluding hydrogens is 334 g/mol. The highest BCUT2D eigenvalue weighted by molar-refractivity contribution is 5.52. The van der Waals surface area contributed by atoms with Crippen LogP contribution in [0.2, 0.25) is 0 Å². The molecule has 0 saturated carbocycles. The summed E-state index contributed by atoms with van der Waals surface area (Å²) in [6, 6.07) is 3.72. The van der Waals surface area contributed by atoms with Crippen LogP contribution in [0, 0.1) is 0 Å². The molecule has 26 heavy (non-hydrogen) atoms. The number of rotatable bonds is 5. The molecule has 0 aliphatic carbocycles. The van der Waals surface area contributed by atoms with Gasteiger partial charge in [-0.15, -0.1) is 10.2 Å². The van der Waals surface area contributed by atoms with Gasteiger partial charge >= 0.3 is 0 Å². The molecule has 0 aromatic carbocycles. The van der Waals surface area contributed by atoms with Gasteiger partial charge in [-0.1, -0.05) is 5.16 Å². The fourth-order valence-corrected chi connectivity index (χ4v) is 3.41. The number of aliphatic hydroxyl groups is 1. The van der Waals surface area contributed by atoms with Crippen LogP contribution >= 0.6 is 0 Å². The second-order valence-corrected chi connectivity index (χ2v) is 6.51. The van der Waals surface area contributed by atoms with E-state index in [-0.39, 0.29) is 12.5 Å². The zero-order valence-corrected chi connectivity index (χ0v) is 14.6. The lowest BCUT2D eigenvalue weighted by Gasteiger charge is -2.31. The minimum Gasteiger partial charge on any atom is -0.388 e. The number of hydrogen-bond acceptors (Lipinski definition) is 8. The Hall–Kier alpha value is -2.65. The maximum atomic E-state index is 9.31. The molecule has 0 amide bonds. The van der Waals surface area contributed by atoms with Gasteiger partial charge in [-0.05, 0) is 31.5 Å². The first kappa shape index (κ1) is 16.8. The lowest BCUT2D eigenvalue weighted by molar-refractivity contribution is 0.173. The quantitative estimate of drug-likeness (QED) is 0.726. The Kier molecular flexibility index (Phi) is 4.72. The Morgan fingerprint density at radius 3 is 2.88 bits per heavy atom. The van der Waals surface area contributed by atoms with Crippen molar-refractivity contribution < 1.29 is 9.63 Å². The summed E-state index contributed by atoms with van der Waals surface area (Å²) >= 11 is 0. The van der Waals surface area contributed by atoms with Crippen LogP contribution in [0.1, 0.15) is 36.3 Å². The van der Waals surface area contributed by atoms with Crippen LogP contribution in [0.4, 0.5) is 0 Å². The van der Waals surface area contributed by atoms with Gasteiger partial charge in [0.05, 0.1) is 6.54 Å². The van der Waals surface area contributed by atoms with E-state index >= 15 is 0 Å². The molecule has 0 bridgehead atoms. The van der Waals surface area contributed by atoms with Gasteiger partial charge in [0, 0.05) is 37.5 Å². The van der Waals surface area contributed by atoms with E-state index in [0.717, 1.165) is 37.3 Å². The lowest BCUT2D eigenvalue weighted by atomic mass is 9.97. The lowest BCUT2D eigenvalue weighted by Crippen LogP contribution is -2.35. The van der Waals surface area contributed by atoms with Crippen LogP contribution in [-0.4, -0.2) is 53.0 Å². The third kappa shape index (κ3) is 3.35. The number of likely N-dealkylation sites (tertiary alicyclic amines) is 1. The molecule has 4 rings (SSSR count). The highest BCUT2D eigenvalue weighted by Crippen LogP contribution is 2.27. The van der Waals surface area contributed by atoms with Crippen molar-refractivity contribution in [2.45, 2.75) is 31.9 Å². The zero-order chi connectivity index (χ0) is 17.9. The van der Waals surface area contributed by atoms with E-state index < -0.39 is 0 Å². The maximum Gasteiger partial charge on any atom is 0.241 e. The Labute approximate surface area is 150 Å². The van der Waals surface area contributed by atoms with Crippen LogP contribution in [0.5, 0.6) is 0 Å². The normalized spacial score (nSPS) is 18.3. The summed E-state index contributed by atoms with van der Waals surface area (Å²) in [4.78, 5) is 10.8. The number of pyridine rings is 1. The summed E-state index contributed by atoms with van der Waals surface area (Å²) in [6.07, 6.45) is 5.54. The summed E-state index contributed by atoms with van der Waals surface area (Å²) < 4.78 is 7.31. The van der Waals surface area contributed by atoms with Crippen molar-refractivity contribution in [2.24, 2.45) is 7.05 Å². The van der Waals surface area contributed by atoms with Crippen molar-refractivity contribution in [1.29, 1.82) is 0 Å². The highest BCUT2D eigenvalue weighted by atomic mass is 16.5. The van der Waals surface area contributed by atoms with Crippen molar-refractivity contribution >= 4 is 0 Å². The minimum absolute atomic E-state index is 0.0975. The molecule has 1 N–H and O–H groups in total.